The van der Waals surface area contributed by atoms with Crippen molar-refractivity contribution in [2.24, 2.45) is 0 Å². The fourth-order valence-electron chi connectivity index (χ4n) is 1.43. The normalized spacial score (nSPS) is 10.6. The van der Waals surface area contributed by atoms with E-state index in [1.165, 1.54) is 0 Å². The van der Waals surface area contributed by atoms with Crippen LogP contribution in [-0.2, 0) is 9.47 Å². The first-order valence-electron chi connectivity index (χ1n) is 4.91. The lowest BCUT2D eigenvalue weighted by Crippen LogP contribution is -2.10. The molecule has 2 rings (SSSR count). The number of nitrogens with one attached hydrogen (secondary N) is 1. The van der Waals surface area contributed by atoms with Crippen molar-refractivity contribution < 1.29 is 14.3 Å². The zero-order valence-electron chi connectivity index (χ0n) is 8.90. The maximum absolute atomic E-state index is 11.7. The number of aromatic amines is 1. The van der Waals surface area contributed by atoms with E-state index in [0.717, 1.165) is 5.52 Å². The minimum Gasteiger partial charge on any atom is -0.460 e. The molecule has 0 spiro atoms. The SMILES string of the molecule is COCCOC(=O)c1cccc2[nH]cnc12. The van der Waals surface area contributed by atoms with E-state index in [-0.39, 0.29) is 12.6 Å². The van der Waals surface area contributed by atoms with Crippen LogP contribution in [0.3, 0.4) is 0 Å². The number of imidazole rings is 1. The second-order valence-corrected chi connectivity index (χ2v) is 3.23. The van der Waals surface area contributed by atoms with Gasteiger partial charge in [0.05, 0.1) is 24.0 Å². The molecule has 0 unspecified atom stereocenters. The number of para-hydroxylation sites is 1. The van der Waals surface area contributed by atoms with Crippen LogP contribution in [0.5, 0.6) is 0 Å². The van der Waals surface area contributed by atoms with Crippen LogP contribution in [0.25, 0.3) is 11.0 Å². The number of hydrogen-bond acceptors (Lipinski definition) is 4. The van der Waals surface area contributed by atoms with Gasteiger partial charge in [-0.1, -0.05) is 6.07 Å². The van der Waals surface area contributed by atoms with Crippen molar-refractivity contribution >= 4 is 17.0 Å². The average molecular weight is 220 g/mol. The number of esters is 1. The summed E-state index contributed by atoms with van der Waals surface area (Å²) < 4.78 is 9.83. The maximum Gasteiger partial charge on any atom is 0.340 e. The third kappa shape index (κ3) is 2.04. The molecule has 0 bridgehead atoms. The van der Waals surface area contributed by atoms with Gasteiger partial charge in [-0.25, -0.2) is 9.78 Å². The maximum atomic E-state index is 11.7. The lowest BCUT2D eigenvalue weighted by molar-refractivity contribution is 0.0390. The monoisotopic (exact) mass is 220 g/mol. The zero-order valence-corrected chi connectivity index (χ0v) is 8.90. The van der Waals surface area contributed by atoms with E-state index in [2.05, 4.69) is 9.97 Å². The van der Waals surface area contributed by atoms with Crippen LogP contribution in [0.2, 0.25) is 0 Å². The number of methoxy groups -OCH3 is 1. The van der Waals surface area contributed by atoms with Crippen LogP contribution in [0.15, 0.2) is 24.5 Å². The van der Waals surface area contributed by atoms with E-state index in [1.54, 1.807) is 25.6 Å². The molecule has 0 radical (unpaired) electrons. The largest absolute Gasteiger partial charge is 0.460 e. The van der Waals surface area contributed by atoms with Gasteiger partial charge in [-0.05, 0) is 12.1 Å². The molecule has 5 heteroatoms. The Balaban J connectivity index is 2.19. The summed E-state index contributed by atoms with van der Waals surface area (Å²) in [5.74, 6) is -0.380. The molecule has 84 valence electrons. The summed E-state index contributed by atoms with van der Waals surface area (Å²) in [6.07, 6.45) is 1.55. The number of H-pyrrole nitrogens is 1. The number of fused-ring (bicyclic) bond motifs is 1. The van der Waals surface area contributed by atoms with Crippen molar-refractivity contribution in [3.05, 3.63) is 30.1 Å². The molecular formula is C11H12N2O3. The molecule has 16 heavy (non-hydrogen) atoms. The molecule has 0 aliphatic carbocycles. The molecule has 0 amide bonds. The minimum atomic E-state index is -0.380. The Labute approximate surface area is 92.4 Å². The first-order chi connectivity index (χ1) is 7.83. The number of rotatable bonds is 4. The third-order valence-electron chi connectivity index (χ3n) is 2.19. The van der Waals surface area contributed by atoms with Gasteiger partial charge in [0.25, 0.3) is 0 Å². The number of aromatic nitrogens is 2. The summed E-state index contributed by atoms with van der Waals surface area (Å²) in [6.45, 7) is 0.637. The second kappa shape index (κ2) is 4.76. The van der Waals surface area contributed by atoms with E-state index in [1.807, 2.05) is 6.07 Å². The summed E-state index contributed by atoms with van der Waals surface area (Å²) >= 11 is 0. The molecule has 1 heterocycles. The van der Waals surface area contributed by atoms with Gasteiger partial charge in [0.1, 0.15) is 12.1 Å². The Kier molecular flexibility index (Phi) is 3.16. The summed E-state index contributed by atoms with van der Waals surface area (Å²) in [7, 11) is 1.56. The predicted molar refractivity (Wildman–Crippen MR) is 58.3 cm³/mol. The van der Waals surface area contributed by atoms with Crippen molar-refractivity contribution in [3.63, 3.8) is 0 Å². The van der Waals surface area contributed by atoms with E-state index in [0.29, 0.717) is 17.7 Å². The lowest BCUT2D eigenvalue weighted by atomic mass is 10.2. The number of nitrogens with zero attached hydrogens (tertiary/aromatic N) is 1. The fourth-order valence-corrected chi connectivity index (χ4v) is 1.43. The Hall–Kier alpha value is -1.88. The quantitative estimate of drug-likeness (QED) is 0.624. The molecule has 0 aliphatic heterocycles. The van der Waals surface area contributed by atoms with E-state index < -0.39 is 0 Å². The molecule has 0 saturated carbocycles. The summed E-state index contributed by atoms with van der Waals surface area (Å²) in [5.41, 5.74) is 1.92. The smallest absolute Gasteiger partial charge is 0.340 e. The summed E-state index contributed by atoms with van der Waals surface area (Å²) in [4.78, 5) is 18.7. The zero-order chi connectivity index (χ0) is 11.4. The van der Waals surface area contributed by atoms with Crippen molar-refractivity contribution in [1.82, 2.24) is 9.97 Å². The fraction of sp³-hybridized carbons (Fsp3) is 0.273. The standard InChI is InChI=1S/C11H12N2O3/c1-15-5-6-16-11(14)8-3-2-4-9-10(8)13-7-12-9/h2-4,7H,5-6H2,1H3,(H,12,13). The Bertz CT molecular complexity index is 493. The number of benzene rings is 1. The van der Waals surface area contributed by atoms with Gasteiger partial charge in [-0.3, -0.25) is 0 Å². The third-order valence-corrected chi connectivity index (χ3v) is 2.19. The highest BCUT2D eigenvalue weighted by molar-refractivity contribution is 6.01. The second-order valence-electron chi connectivity index (χ2n) is 3.23. The minimum absolute atomic E-state index is 0.246. The molecule has 0 atom stereocenters. The van der Waals surface area contributed by atoms with Crippen LogP contribution in [0.1, 0.15) is 10.4 Å². The molecular weight excluding hydrogens is 208 g/mol. The van der Waals surface area contributed by atoms with Crippen molar-refractivity contribution in [3.8, 4) is 0 Å². The van der Waals surface area contributed by atoms with E-state index >= 15 is 0 Å². The van der Waals surface area contributed by atoms with Crippen molar-refractivity contribution in [2.75, 3.05) is 20.3 Å². The Morgan fingerprint density at radius 3 is 3.12 bits per heavy atom. The molecule has 0 aliphatic rings. The first-order valence-corrected chi connectivity index (χ1v) is 4.91. The summed E-state index contributed by atoms with van der Waals surface area (Å²) in [6, 6.07) is 5.33. The van der Waals surface area contributed by atoms with Gasteiger partial charge < -0.3 is 14.5 Å². The number of ether oxygens (including phenoxy) is 2. The number of carbonyl (C=O) groups is 1. The van der Waals surface area contributed by atoms with Gasteiger partial charge in [0.15, 0.2) is 0 Å². The number of hydrogen-bond donors (Lipinski definition) is 1. The summed E-state index contributed by atoms with van der Waals surface area (Å²) in [5, 5.41) is 0. The van der Waals surface area contributed by atoms with Gasteiger partial charge >= 0.3 is 5.97 Å². The highest BCUT2D eigenvalue weighted by Gasteiger charge is 2.12. The number of carbonyl (C=O) groups excluding carboxylic acids is 1. The van der Waals surface area contributed by atoms with Crippen LogP contribution >= 0.6 is 0 Å². The molecule has 5 nitrogen and oxygen atoms in total. The predicted octanol–water partition coefficient (Wildman–Crippen LogP) is 1.37. The van der Waals surface area contributed by atoms with Crippen molar-refractivity contribution in [2.45, 2.75) is 0 Å². The Morgan fingerprint density at radius 1 is 1.44 bits per heavy atom. The molecule has 0 fully saturated rings. The Morgan fingerprint density at radius 2 is 2.31 bits per heavy atom. The highest BCUT2D eigenvalue weighted by atomic mass is 16.6. The van der Waals surface area contributed by atoms with Crippen LogP contribution in [-0.4, -0.2) is 36.3 Å². The molecule has 1 aromatic heterocycles. The van der Waals surface area contributed by atoms with Gasteiger partial charge in [0, 0.05) is 7.11 Å². The molecule has 0 saturated heterocycles. The van der Waals surface area contributed by atoms with Gasteiger partial charge in [0.2, 0.25) is 0 Å². The van der Waals surface area contributed by atoms with Crippen LogP contribution in [0, 0.1) is 0 Å². The first kappa shape index (κ1) is 10.6. The molecule has 1 aromatic carbocycles. The van der Waals surface area contributed by atoms with Crippen LogP contribution < -0.4 is 0 Å². The van der Waals surface area contributed by atoms with Crippen LogP contribution in [0.4, 0.5) is 0 Å². The molecule has 2 aromatic rings. The highest BCUT2D eigenvalue weighted by Crippen LogP contribution is 2.15. The van der Waals surface area contributed by atoms with Gasteiger partial charge in [-0.2, -0.15) is 0 Å². The molecule has 1 N–H and O–H groups in total. The van der Waals surface area contributed by atoms with E-state index in [4.69, 9.17) is 9.47 Å². The van der Waals surface area contributed by atoms with Crippen molar-refractivity contribution in [1.29, 1.82) is 0 Å². The lowest BCUT2D eigenvalue weighted by Gasteiger charge is -2.04. The van der Waals surface area contributed by atoms with Gasteiger partial charge in [-0.15, -0.1) is 0 Å². The average Bonchev–Trinajstić information content (AvgIpc) is 2.76. The topological polar surface area (TPSA) is 64.2 Å². The van der Waals surface area contributed by atoms with E-state index in [9.17, 15) is 4.79 Å².